The minimum Gasteiger partial charge on any atom is -0.460 e. The molecule has 2 saturated heterocycles. The summed E-state index contributed by atoms with van der Waals surface area (Å²) in [6.45, 7) is 40.3. The molecule has 0 spiro atoms. The summed E-state index contributed by atoms with van der Waals surface area (Å²) >= 11 is 0. The Bertz CT molecular complexity index is 3380. The molecule has 4 saturated carbocycles. The smallest absolute Gasteiger partial charge is 0.408 e. The molecule has 2 heterocycles. The van der Waals surface area contributed by atoms with E-state index in [1.165, 1.54) is 21.5 Å². The number of nitrogens with one attached hydrogen (secondary N) is 3. The van der Waals surface area contributed by atoms with Crippen LogP contribution in [0.1, 0.15) is 214 Å². The molecule has 3 amide bonds. The highest BCUT2D eigenvalue weighted by Gasteiger charge is 2.65. The zero-order chi connectivity index (χ0) is 75.6. The lowest BCUT2D eigenvalue weighted by Gasteiger charge is -2.27. The Balaban J connectivity index is 0.000000222. The summed E-state index contributed by atoms with van der Waals surface area (Å²) in [7, 11) is 3.88. The van der Waals surface area contributed by atoms with Crippen LogP contribution < -0.4 is 16.0 Å². The van der Waals surface area contributed by atoms with E-state index in [0.29, 0.717) is 64.3 Å². The van der Waals surface area contributed by atoms with Gasteiger partial charge in [-0.1, -0.05) is 138 Å². The van der Waals surface area contributed by atoms with Gasteiger partial charge in [0.2, 0.25) is 11.8 Å². The maximum Gasteiger partial charge on any atom is 0.408 e. The van der Waals surface area contributed by atoms with Crippen LogP contribution in [0.3, 0.4) is 0 Å². The third kappa shape index (κ3) is 22.4. The highest BCUT2D eigenvalue weighted by molar-refractivity contribution is 5.95. The number of alkyl carbamates (subject to hydrolysis) is 1. The van der Waals surface area contributed by atoms with Gasteiger partial charge in [0.15, 0.2) is 0 Å². The van der Waals surface area contributed by atoms with Gasteiger partial charge in [0.1, 0.15) is 44.6 Å². The summed E-state index contributed by atoms with van der Waals surface area (Å²) in [5.41, 5.74) is -3.23. The van der Waals surface area contributed by atoms with E-state index in [9.17, 15) is 33.6 Å². The van der Waals surface area contributed by atoms with E-state index >= 15 is 0 Å². The molecule has 6 fully saturated rings. The third-order valence-electron chi connectivity index (χ3n) is 19.6. The van der Waals surface area contributed by atoms with Gasteiger partial charge < -0.3 is 49.1 Å². The number of likely N-dealkylation sites (tertiary alicyclic amines) is 2. The molecule has 558 valence electrons. The largest absolute Gasteiger partial charge is 0.460 e. The molecular formula is C82H121N5O14. The Labute approximate surface area is 603 Å². The number of ether oxygens (including phenoxy) is 7. The van der Waals surface area contributed by atoms with E-state index < -0.39 is 45.1 Å². The van der Waals surface area contributed by atoms with Crippen LogP contribution in [-0.4, -0.2) is 148 Å². The summed E-state index contributed by atoms with van der Waals surface area (Å²) in [4.78, 5) is 92.2. The highest BCUT2D eigenvalue weighted by atomic mass is 16.6. The topological polar surface area (TPSA) is 227 Å². The molecule has 4 aliphatic carbocycles. The lowest BCUT2D eigenvalue weighted by Crippen LogP contribution is -2.52. The Kier molecular flexibility index (Phi) is 27.2. The molecule has 4 aromatic carbocycles. The fraction of sp³-hybridized carbons (Fsp3) is 0.646. The summed E-state index contributed by atoms with van der Waals surface area (Å²) in [5, 5.41) is 13.6. The number of esters is 4. The van der Waals surface area contributed by atoms with E-state index in [2.05, 4.69) is 84.3 Å². The zero-order valence-electron chi connectivity index (χ0n) is 64.9. The van der Waals surface area contributed by atoms with Crippen LogP contribution in [-0.2, 0) is 75.1 Å². The van der Waals surface area contributed by atoms with E-state index in [-0.39, 0.29) is 88.8 Å². The summed E-state index contributed by atoms with van der Waals surface area (Å²) in [6, 6.07) is 28.4. The van der Waals surface area contributed by atoms with Crippen molar-refractivity contribution in [1.82, 2.24) is 25.8 Å². The Hall–Kier alpha value is -7.11. The molecule has 4 aromatic rings. The van der Waals surface area contributed by atoms with Crippen molar-refractivity contribution < 1.29 is 66.7 Å². The number of carbonyl (C=O) groups excluding carboxylic acids is 7. The summed E-state index contributed by atoms with van der Waals surface area (Å²) in [6.07, 6.45) is 15.0. The van der Waals surface area contributed by atoms with E-state index in [4.69, 9.17) is 33.2 Å². The van der Waals surface area contributed by atoms with E-state index in [1.807, 2.05) is 171 Å². The van der Waals surface area contributed by atoms with Gasteiger partial charge in [-0.15, -0.1) is 12.8 Å². The van der Waals surface area contributed by atoms with Gasteiger partial charge in [-0.3, -0.25) is 24.2 Å². The van der Waals surface area contributed by atoms with Crippen molar-refractivity contribution in [2.45, 2.75) is 285 Å². The number of benzene rings is 4. The van der Waals surface area contributed by atoms with E-state index in [0.717, 1.165) is 43.2 Å². The fourth-order valence-electron chi connectivity index (χ4n) is 13.7. The molecule has 0 unspecified atom stereocenters. The van der Waals surface area contributed by atoms with Crippen molar-refractivity contribution in [3.8, 4) is 12.8 Å². The van der Waals surface area contributed by atoms with Gasteiger partial charge in [0.05, 0.1) is 42.9 Å². The van der Waals surface area contributed by atoms with Gasteiger partial charge in [0.25, 0.3) is 0 Å². The number of likely N-dealkylation sites (N-methyl/N-ethyl adjacent to an activating group) is 2. The first-order valence-electron chi connectivity index (χ1n) is 36.4. The molecule has 6 aliphatic rings. The molecule has 101 heavy (non-hydrogen) atoms. The van der Waals surface area contributed by atoms with Crippen molar-refractivity contribution in [2.24, 2.45) is 29.1 Å². The van der Waals surface area contributed by atoms with Gasteiger partial charge in [-0.25, -0.2) is 19.2 Å². The minimum absolute atomic E-state index is 0.0214. The molecule has 2 aliphatic heterocycles. The van der Waals surface area contributed by atoms with Crippen LogP contribution >= 0.6 is 0 Å². The van der Waals surface area contributed by atoms with Gasteiger partial charge in [0, 0.05) is 13.1 Å². The highest BCUT2D eigenvalue weighted by Crippen LogP contribution is 2.55. The predicted molar refractivity (Wildman–Crippen MR) is 396 cm³/mol. The lowest BCUT2D eigenvalue weighted by molar-refractivity contribution is -0.162. The number of hydrogen-bond acceptors (Lipinski definition) is 16. The SMILES string of the molecule is C#C.CC[C@@H]1C[C@]1(NC(=O)OC(C)(C)C)C(=O)OC(C)(C)C.CC[C@H]1C[C@]1(C)C(=O)OC(C)(C)C.CC[C@H]1C[C@]1(NC(=O)[C@@H]1C[C@@H](OCc2cccc3ccccc23)CN1C)C(=O)OC(C)(C)C.CC[C@H]1C[C@]1(NC(=O)[C@@H]1C[C@@H](OCc2cccc3ccccc23)CN1C)C(=O)OC(C)(C)C. The maximum atomic E-state index is 13.2. The van der Waals surface area contributed by atoms with Crippen molar-refractivity contribution >= 4 is 63.3 Å². The van der Waals surface area contributed by atoms with Crippen LogP contribution in [0, 0.1) is 41.9 Å². The number of amides is 3. The number of carbonyl (C=O) groups is 7. The van der Waals surface area contributed by atoms with Crippen LogP contribution in [0.15, 0.2) is 84.9 Å². The fourth-order valence-corrected chi connectivity index (χ4v) is 13.7. The summed E-state index contributed by atoms with van der Waals surface area (Å²) in [5.74, 6) is -0.352. The van der Waals surface area contributed by atoms with Gasteiger partial charge in [-0.05, 0) is 220 Å². The molecule has 0 aromatic heterocycles. The third-order valence-corrected chi connectivity index (χ3v) is 19.6. The van der Waals surface area contributed by atoms with E-state index in [1.54, 1.807) is 20.8 Å². The quantitative estimate of drug-likeness (QED) is 0.0451. The average Bonchev–Trinajstić information content (AvgIpc) is 1.60. The first-order chi connectivity index (χ1) is 46.9. The van der Waals surface area contributed by atoms with Crippen molar-refractivity contribution in [3.05, 3.63) is 96.1 Å². The molecule has 19 nitrogen and oxygen atoms in total. The zero-order valence-corrected chi connectivity index (χ0v) is 64.9. The maximum absolute atomic E-state index is 13.2. The lowest BCUT2D eigenvalue weighted by atomic mass is 10.1. The standard InChI is InChI=1S/2C27H36N2O4.C15H27NO4.C11H20O2.C2H2/c2*1-6-20-15-27(20,25(31)33-26(2,3)4)28-24(30)23-14-21(16-29(23)5)32-17-19-12-9-11-18-10-7-8-13-22(18)19;1-8-10-9-15(10,11(17)19-13(2,3)4)16-12(18)20-14(5,6)7;1-6-8-7-11(8,5)9(12)13-10(2,3)4;1-2/h2*7-13,20-21,23H,6,14-17H2,1-5H3,(H,28,30);10H,8-9H2,1-7H3,(H,16,18);8H,6-7H2,1-5H3;1-2H/t2*20-,21+,23-,27+;10-,15-;8-,11-;/m0010./s1. The Morgan fingerprint density at radius 2 is 0.733 bits per heavy atom. The first-order valence-corrected chi connectivity index (χ1v) is 36.4. The normalized spacial score (nSPS) is 27.3. The molecule has 10 rings (SSSR count). The molecule has 0 radical (unpaired) electrons. The minimum atomic E-state index is -0.912. The van der Waals surface area contributed by atoms with Crippen molar-refractivity contribution in [3.63, 3.8) is 0 Å². The molecular weight excluding hydrogens is 1280 g/mol. The number of terminal acetylenes is 1. The predicted octanol–water partition coefficient (Wildman–Crippen LogP) is 14.1. The number of hydrogen-bond donors (Lipinski definition) is 3. The molecule has 12 atom stereocenters. The van der Waals surface area contributed by atoms with Crippen LogP contribution in [0.5, 0.6) is 0 Å². The number of rotatable bonds is 19. The number of nitrogens with zero attached hydrogens (tertiary/aromatic N) is 2. The van der Waals surface area contributed by atoms with Crippen LogP contribution in [0.2, 0.25) is 0 Å². The molecule has 0 bridgehead atoms. The Morgan fingerprint density at radius 3 is 1.04 bits per heavy atom. The van der Waals surface area contributed by atoms with Gasteiger partial charge >= 0.3 is 30.0 Å². The Morgan fingerprint density at radius 1 is 0.426 bits per heavy atom. The number of fused-ring (bicyclic) bond motifs is 2. The van der Waals surface area contributed by atoms with Crippen LogP contribution in [0.25, 0.3) is 21.5 Å². The first kappa shape index (κ1) is 82.8. The van der Waals surface area contributed by atoms with Crippen molar-refractivity contribution in [2.75, 3.05) is 27.2 Å². The second-order valence-electron chi connectivity index (χ2n) is 33.7. The van der Waals surface area contributed by atoms with Crippen molar-refractivity contribution in [1.29, 1.82) is 0 Å². The second kappa shape index (κ2) is 33.1. The molecule has 19 heteroatoms. The van der Waals surface area contributed by atoms with Crippen LogP contribution in [0.4, 0.5) is 4.79 Å². The summed E-state index contributed by atoms with van der Waals surface area (Å²) < 4.78 is 39.8. The monoisotopic (exact) mass is 1400 g/mol. The average molecular weight is 1400 g/mol. The van der Waals surface area contributed by atoms with Gasteiger partial charge in [-0.2, -0.15) is 0 Å². The molecule has 3 N–H and O–H groups in total. The second-order valence-corrected chi connectivity index (χ2v) is 33.7.